The molecule has 1 saturated carbocycles. The van der Waals surface area contributed by atoms with Crippen molar-refractivity contribution < 1.29 is 9.59 Å². The topological polar surface area (TPSA) is 58.2 Å². The summed E-state index contributed by atoms with van der Waals surface area (Å²) in [5.41, 5.74) is 1.39. The van der Waals surface area contributed by atoms with E-state index < -0.39 is 11.6 Å². The molecule has 1 spiro atoms. The quantitative estimate of drug-likeness (QED) is 0.654. The van der Waals surface area contributed by atoms with Crippen molar-refractivity contribution in [2.75, 3.05) is 0 Å². The first kappa shape index (κ1) is 10.7. The molecule has 84 valence electrons. The van der Waals surface area contributed by atoms with E-state index in [2.05, 4.69) is 17.2 Å². The van der Waals surface area contributed by atoms with Crippen LogP contribution in [0.2, 0.25) is 0 Å². The molecule has 1 heterocycles. The standard InChI is InChI=1S/C12H14N2O2/c1-3-5-9-7-12(6-8(9)4-2)10(15)13-11(16)14-12/h3-5H,1,6-7H2,2H3,(H2,13,14,15,16)/b8-4-,9-5-. The van der Waals surface area contributed by atoms with Crippen LogP contribution in [0.15, 0.2) is 36.0 Å². The van der Waals surface area contributed by atoms with Crippen LogP contribution in [0.3, 0.4) is 0 Å². The summed E-state index contributed by atoms with van der Waals surface area (Å²) in [7, 11) is 0. The first-order chi connectivity index (χ1) is 7.61. The Kier molecular flexibility index (Phi) is 2.42. The van der Waals surface area contributed by atoms with E-state index in [1.165, 1.54) is 0 Å². The number of rotatable bonds is 1. The highest BCUT2D eigenvalue weighted by Gasteiger charge is 2.50. The number of carbonyl (C=O) groups excluding carboxylic acids is 2. The summed E-state index contributed by atoms with van der Waals surface area (Å²) in [5, 5.41) is 5.00. The van der Waals surface area contributed by atoms with Gasteiger partial charge < -0.3 is 5.32 Å². The van der Waals surface area contributed by atoms with Crippen LogP contribution in [0, 0.1) is 0 Å². The lowest BCUT2D eigenvalue weighted by atomic mass is 9.97. The number of imide groups is 1. The first-order valence-corrected chi connectivity index (χ1v) is 5.22. The average Bonchev–Trinajstić information content (AvgIpc) is 2.70. The van der Waals surface area contributed by atoms with E-state index in [0.29, 0.717) is 12.8 Å². The summed E-state index contributed by atoms with van der Waals surface area (Å²) in [6.07, 6.45) is 6.66. The van der Waals surface area contributed by atoms with E-state index in [9.17, 15) is 9.59 Å². The van der Waals surface area contributed by atoms with Crippen molar-refractivity contribution in [3.8, 4) is 0 Å². The van der Waals surface area contributed by atoms with Crippen LogP contribution >= 0.6 is 0 Å². The number of amides is 3. The third-order valence-electron chi connectivity index (χ3n) is 3.08. The van der Waals surface area contributed by atoms with Crippen LogP contribution in [-0.2, 0) is 4.79 Å². The zero-order chi connectivity index (χ0) is 11.8. The molecule has 4 nitrogen and oxygen atoms in total. The lowest BCUT2D eigenvalue weighted by molar-refractivity contribution is -0.123. The van der Waals surface area contributed by atoms with Gasteiger partial charge in [0, 0.05) is 12.8 Å². The van der Waals surface area contributed by atoms with Crippen molar-refractivity contribution >= 4 is 11.9 Å². The molecule has 0 aromatic rings. The van der Waals surface area contributed by atoms with Crippen molar-refractivity contribution in [3.05, 3.63) is 36.0 Å². The van der Waals surface area contributed by atoms with Gasteiger partial charge in [0.1, 0.15) is 5.54 Å². The summed E-state index contributed by atoms with van der Waals surface area (Å²) in [6, 6.07) is -0.402. The highest BCUT2D eigenvalue weighted by atomic mass is 16.2. The number of hydrogen-bond acceptors (Lipinski definition) is 2. The molecule has 1 aliphatic carbocycles. The molecule has 1 saturated heterocycles. The summed E-state index contributed by atoms with van der Waals surface area (Å²) >= 11 is 0. The minimum atomic E-state index is -0.770. The maximum Gasteiger partial charge on any atom is 0.322 e. The molecule has 16 heavy (non-hydrogen) atoms. The van der Waals surface area contributed by atoms with Crippen LogP contribution in [0.1, 0.15) is 19.8 Å². The Labute approximate surface area is 94.1 Å². The average molecular weight is 218 g/mol. The fourth-order valence-corrected chi connectivity index (χ4v) is 2.31. The van der Waals surface area contributed by atoms with Gasteiger partial charge in [-0.1, -0.05) is 24.8 Å². The van der Waals surface area contributed by atoms with Gasteiger partial charge in [0.15, 0.2) is 0 Å². The first-order valence-electron chi connectivity index (χ1n) is 5.22. The second kappa shape index (κ2) is 3.63. The largest absolute Gasteiger partial charge is 0.323 e. The van der Waals surface area contributed by atoms with Crippen molar-refractivity contribution in [2.45, 2.75) is 25.3 Å². The van der Waals surface area contributed by atoms with Crippen molar-refractivity contribution in [1.82, 2.24) is 10.6 Å². The van der Waals surface area contributed by atoms with Crippen LogP contribution in [-0.4, -0.2) is 17.5 Å². The SMILES string of the molecule is C=C/C=C1/CC2(C/C1=C/C)NC(=O)NC2=O. The second-order valence-corrected chi connectivity index (χ2v) is 4.09. The van der Waals surface area contributed by atoms with Gasteiger partial charge >= 0.3 is 6.03 Å². The molecule has 2 rings (SSSR count). The molecule has 3 amide bonds. The fourth-order valence-electron chi connectivity index (χ4n) is 2.31. The highest BCUT2D eigenvalue weighted by Crippen LogP contribution is 2.40. The molecule has 1 unspecified atom stereocenters. The van der Waals surface area contributed by atoms with E-state index in [1.54, 1.807) is 6.08 Å². The molecule has 1 aliphatic heterocycles. The minimum absolute atomic E-state index is 0.232. The summed E-state index contributed by atoms with van der Waals surface area (Å²) < 4.78 is 0. The van der Waals surface area contributed by atoms with Crippen LogP contribution in [0.25, 0.3) is 0 Å². The molecule has 1 atom stereocenters. The maximum absolute atomic E-state index is 11.7. The fraction of sp³-hybridized carbons (Fsp3) is 0.333. The molecular formula is C12H14N2O2. The Morgan fingerprint density at radius 1 is 1.31 bits per heavy atom. The molecular weight excluding hydrogens is 204 g/mol. The van der Waals surface area contributed by atoms with Gasteiger partial charge in [0.05, 0.1) is 0 Å². The van der Waals surface area contributed by atoms with E-state index in [4.69, 9.17) is 0 Å². The Morgan fingerprint density at radius 3 is 2.50 bits per heavy atom. The van der Waals surface area contributed by atoms with Crippen molar-refractivity contribution in [3.63, 3.8) is 0 Å². The smallest absolute Gasteiger partial charge is 0.322 e. The molecule has 2 fully saturated rings. The monoisotopic (exact) mass is 218 g/mol. The summed E-state index contributed by atoms with van der Waals surface area (Å²) in [4.78, 5) is 22.9. The third kappa shape index (κ3) is 1.46. The predicted octanol–water partition coefficient (Wildman–Crippen LogP) is 1.42. The van der Waals surface area contributed by atoms with Crippen LogP contribution in [0.4, 0.5) is 4.79 Å². The lowest BCUT2D eigenvalue weighted by Gasteiger charge is -2.17. The molecule has 2 N–H and O–H groups in total. The third-order valence-corrected chi connectivity index (χ3v) is 3.08. The molecule has 4 heteroatoms. The zero-order valence-corrected chi connectivity index (χ0v) is 9.17. The van der Waals surface area contributed by atoms with Gasteiger partial charge in [-0.3, -0.25) is 10.1 Å². The predicted molar refractivity (Wildman–Crippen MR) is 60.7 cm³/mol. The molecule has 0 bridgehead atoms. The van der Waals surface area contributed by atoms with Gasteiger partial charge in [-0.05, 0) is 18.1 Å². The van der Waals surface area contributed by atoms with Crippen LogP contribution in [0.5, 0.6) is 0 Å². The van der Waals surface area contributed by atoms with Crippen molar-refractivity contribution in [1.29, 1.82) is 0 Å². The zero-order valence-electron chi connectivity index (χ0n) is 9.17. The van der Waals surface area contributed by atoms with E-state index in [1.807, 2.05) is 19.1 Å². The summed E-state index contributed by atoms with van der Waals surface area (Å²) in [6.45, 7) is 5.58. The molecule has 2 aliphatic rings. The number of urea groups is 1. The van der Waals surface area contributed by atoms with Crippen molar-refractivity contribution in [2.24, 2.45) is 0 Å². The maximum atomic E-state index is 11.7. The van der Waals surface area contributed by atoms with Gasteiger partial charge in [-0.2, -0.15) is 0 Å². The second-order valence-electron chi connectivity index (χ2n) is 4.09. The van der Waals surface area contributed by atoms with Gasteiger partial charge in [-0.15, -0.1) is 0 Å². The highest BCUT2D eigenvalue weighted by molar-refractivity contribution is 6.08. The number of hydrogen-bond donors (Lipinski definition) is 2. The Hall–Kier alpha value is -1.84. The van der Waals surface area contributed by atoms with E-state index in [0.717, 1.165) is 11.1 Å². The summed E-state index contributed by atoms with van der Waals surface area (Å²) in [5.74, 6) is -0.232. The van der Waals surface area contributed by atoms with Gasteiger partial charge in [0.2, 0.25) is 0 Å². The van der Waals surface area contributed by atoms with Gasteiger partial charge in [0.25, 0.3) is 5.91 Å². The van der Waals surface area contributed by atoms with E-state index >= 15 is 0 Å². The number of allylic oxidation sites excluding steroid dienone is 3. The van der Waals surface area contributed by atoms with E-state index in [-0.39, 0.29) is 5.91 Å². The Balaban J connectivity index is 2.36. The van der Waals surface area contributed by atoms with Crippen LogP contribution < -0.4 is 10.6 Å². The molecule has 0 radical (unpaired) electrons. The Bertz CT molecular complexity index is 434. The normalized spacial score (nSPS) is 33.6. The number of carbonyl (C=O) groups is 2. The Morgan fingerprint density at radius 2 is 2.00 bits per heavy atom. The molecule has 0 aromatic heterocycles. The molecule has 0 aromatic carbocycles. The lowest BCUT2D eigenvalue weighted by Crippen LogP contribution is -2.43. The van der Waals surface area contributed by atoms with Gasteiger partial charge in [-0.25, -0.2) is 4.79 Å². The minimum Gasteiger partial charge on any atom is -0.323 e. The number of nitrogens with one attached hydrogen (secondary N) is 2.